The fraction of sp³-hybridized carbons (Fsp3) is 0.136. The number of rotatable bonds is 6. The molecule has 0 atom stereocenters. The molecule has 1 N–H and O–H groups in total. The normalized spacial score (nSPS) is 10.4. The van der Waals surface area contributed by atoms with Crippen LogP contribution in [-0.2, 0) is 4.79 Å². The van der Waals surface area contributed by atoms with Crippen molar-refractivity contribution in [2.24, 2.45) is 0 Å². The largest absolute Gasteiger partial charge is 0.451 e. The van der Waals surface area contributed by atoms with Crippen LogP contribution in [0.25, 0.3) is 11.3 Å². The van der Waals surface area contributed by atoms with Gasteiger partial charge >= 0.3 is 0 Å². The van der Waals surface area contributed by atoms with Crippen LogP contribution >= 0.6 is 0 Å². The Balaban J connectivity index is 1.64. The molecule has 0 saturated carbocycles. The molecule has 0 aliphatic rings. The molecule has 0 saturated heterocycles. The summed E-state index contributed by atoms with van der Waals surface area (Å²) in [6.07, 6.45) is 0. The zero-order chi connectivity index (χ0) is 21.0. The van der Waals surface area contributed by atoms with Crippen molar-refractivity contribution < 1.29 is 23.2 Å². The van der Waals surface area contributed by atoms with E-state index in [1.165, 1.54) is 43.1 Å². The zero-order valence-electron chi connectivity index (χ0n) is 15.9. The highest BCUT2D eigenvalue weighted by atomic mass is 19.1. The van der Waals surface area contributed by atoms with Crippen molar-refractivity contribution in [3.63, 3.8) is 0 Å². The van der Waals surface area contributed by atoms with E-state index in [4.69, 9.17) is 4.42 Å². The summed E-state index contributed by atoms with van der Waals surface area (Å²) in [7, 11) is 1.47. The minimum absolute atomic E-state index is 0.0370. The summed E-state index contributed by atoms with van der Waals surface area (Å²) >= 11 is 0. The molecule has 29 heavy (non-hydrogen) atoms. The van der Waals surface area contributed by atoms with E-state index < -0.39 is 17.6 Å². The molecule has 2 amide bonds. The van der Waals surface area contributed by atoms with E-state index in [1.807, 2.05) is 0 Å². The number of anilines is 1. The van der Waals surface area contributed by atoms with Crippen LogP contribution in [0.4, 0.5) is 10.1 Å². The van der Waals surface area contributed by atoms with Gasteiger partial charge in [-0.05, 0) is 37.3 Å². The van der Waals surface area contributed by atoms with Crippen LogP contribution in [0.5, 0.6) is 0 Å². The summed E-state index contributed by atoms with van der Waals surface area (Å²) in [4.78, 5) is 37.2. The summed E-state index contributed by atoms with van der Waals surface area (Å²) in [6.45, 7) is 1.26. The lowest BCUT2D eigenvalue weighted by Gasteiger charge is -2.15. The third-order valence-electron chi connectivity index (χ3n) is 4.23. The lowest BCUT2D eigenvalue weighted by molar-refractivity contribution is -0.116. The van der Waals surface area contributed by atoms with E-state index in [2.05, 4.69) is 5.32 Å². The topological polar surface area (TPSA) is 79.6 Å². The number of hydrogen-bond acceptors (Lipinski definition) is 4. The Morgan fingerprint density at radius 2 is 1.76 bits per heavy atom. The second-order valence-electron chi connectivity index (χ2n) is 6.52. The number of benzene rings is 2. The maximum Gasteiger partial charge on any atom is 0.289 e. The Morgan fingerprint density at radius 1 is 1.03 bits per heavy atom. The molecule has 6 nitrogen and oxygen atoms in total. The van der Waals surface area contributed by atoms with Crippen LogP contribution in [0, 0.1) is 5.82 Å². The first-order valence-electron chi connectivity index (χ1n) is 8.85. The second-order valence-corrected chi connectivity index (χ2v) is 6.52. The van der Waals surface area contributed by atoms with Crippen molar-refractivity contribution >= 4 is 23.3 Å². The van der Waals surface area contributed by atoms with E-state index in [0.29, 0.717) is 17.0 Å². The average molecular weight is 394 g/mol. The van der Waals surface area contributed by atoms with Gasteiger partial charge in [0.15, 0.2) is 11.5 Å². The number of likely N-dealkylation sites (N-methyl/N-ethyl adjacent to an activating group) is 1. The van der Waals surface area contributed by atoms with Gasteiger partial charge in [-0.1, -0.05) is 30.3 Å². The van der Waals surface area contributed by atoms with Crippen molar-refractivity contribution in [2.45, 2.75) is 6.92 Å². The number of carbonyl (C=O) groups excluding carboxylic acids is 3. The second kappa shape index (κ2) is 8.52. The highest BCUT2D eigenvalue weighted by Gasteiger charge is 2.19. The molecular formula is C22H19FN2O4. The molecule has 0 aliphatic carbocycles. The minimum atomic E-state index is -0.467. The molecule has 1 aromatic heterocycles. The molecule has 7 heteroatoms. The number of ketones is 1. The molecule has 0 bridgehead atoms. The van der Waals surface area contributed by atoms with Crippen LogP contribution in [0.1, 0.15) is 27.8 Å². The summed E-state index contributed by atoms with van der Waals surface area (Å²) in [5.41, 5.74) is 1.62. The molecule has 1 heterocycles. The van der Waals surface area contributed by atoms with Crippen molar-refractivity contribution in [1.82, 2.24) is 4.90 Å². The molecule has 2 aromatic carbocycles. The smallest absolute Gasteiger partial charge is 0.289 e. The predicted molar refractivity (Wildman–Crippen MR) is 106 cm³/mol. The summed E-state index contributed by atoms with van der Waals surface area (Å²) in [5, 5.41) is 2.53. The number of nitrogens with one attached hydrogen (secondary N) is 1. The van der Waals surface area contributed by atoms with Gasteiger partial charge in [-0.2, -0.15) is 0 Å². The Hall–Kier alpha value is -3.74. The van der Waals surface area contributed by atoms with Crippen molar-refractivity contribution in [1.29, 1.82) is 0 Å². The summed E-state index contributed by atoms with van der Waals surface area (Å²) in [6, 6.07) is 15.5. The number of Topliss-reactive ketones (excluding diaryl/α,β-unsaturated/α-hetero) is 1. The Morgan fingerprint density at radius 3 is 2.41 bits per heavy atom. The molecule has 0 radical (unpaired) electrons. The molecule has 0 spiro atoms. The minimum Gasteiger partial charge on any atom is -0.451 e. The maximum atomic E-state index is 13.2. The first-order chi connectivity index (χ1) is 13.8. The van der Waals surface area contributed by atoms with E-state index in [0.717, 1.165) is 5.56 Å². The highest BCUT2D eigenvalue weighted by Crippen LogP contribution is 2.23. The van der Waals surface area contributed by atoms with Crippen molar-refractivity contribution in [3.05, 3.63) is 77.8 Å². The standard InChI is InChI=1S/C22H19FN2O4/c1-14(26)15-6-8-16(9-7-15)19-10-11-20(29-19)22(28)25(2)13-21(27)24-18-5-3-4-17(23)12-18/h3-12H,13H2,1-2H3,(H,24,27). The van der Waals surface area contributed by atoms with E-state index in [-0.39, 0.29) is 18.1 Å². The number of hydrogen-bond donors (Lipinski definition) is 1. The number of amides is 2. The lowest BCUT2D eigenvalue weighted by Crippen LogP contribution is -2.34. The van der Waals surface area contributed by atoms with Crippen molar-refractivity contribution in [3.8, 4) is 11.3 Å². The Bertz CT molecular complexity index is 1060. The molecule has 3 aromatic rings. The first-order valence-corrected chi connectivity index (χ1v) is 8.85. The van der Waals surface area contributed by atoms with Gasteiger partial charge in [-0.3, -0.25) is 14.4 Å². The van der Waals surface area contributed by atoms with Gasteiger partial charge in [0.2, 0.25) is 5.91 Å². The maximum absolute atomic E-state index is 13.2. The summed E-state index contributed by atoms with van der Waals surface area (Å²) in [5.74, 6) is -0.876. The number of halogens is 1. The molecule has 148 valence electrons. The van der Waals surface area contributed by atoms with Crippen LogP contribution in [0.2, 0.25) is 0 Å². The van der Waals surface area contributed by atoms with E-state index >= 15 is 0 Å². The Labute approximate surface area is 166 Å². The quantitative estimate of drug-likeness (QED) is 0.641. The van der Waals surface area contributed by atoms with E-state index in [9.17, 15) is 18.8 Å². The number of nitrogens with zero attached hydrogens (tertiary/aromatic N) is 1. The summed E-state index contributed by atoms with van der Waals surface area (Å²) < 4.78 is 18.8. The fourth-order valence-electron chi connectivity index (χ4n) is 2.72. The SMILES string of the molecule is CC(=O)c1ccc(-c2ccc(C(=O)N(C)CC(=O)Nc3cccc(F)c3)o2)cc1. The fourth-order valence-corrected chi connectivity index (χ4v) is 2.72. The number of furan rings is 1. The zero-order valence-corrected chi connectivity index (χ0v) is 15.9. The monoisotopic (exact) mass is 394 g/mol. The van der Waals surface area contributed by atoms with Gasteiger partial charge in [-0.15, -0.1) is 0 Å². The first kappa shape index (κ1) is 20.0. The molecular weight excluding hydrogens is 375 g/mol. The van der Waals surface area contributed by atoms with Crippen molar-refractivity contribution in [2.75, 3.05) is 18.9 Å². The van der Waals surface area contributed by atoms with E-state index in [1.54, 1.807) is 36.4 Å². The van der Waals surface area contributed by atoms with Gasteiger partial charge in [0, 0.05) is 23.9 Å². The highest BCUT2D eigenvalue weighted by molar-refractivity contribution is 5.98. The van der Waals surface area contributed by atoms with Crippen LogP contribution in [-0.4, -0.2) is 36.1 Å². The Kier molecular flexibility index (Phi) is 5.87. The van der Waals surface area contributed by atoms with Crippen LogP contribution < -0.4 is 5.32 Å². The third-order valence-corrected chi connectivity index (χ3v) is 4.23. The average Bonchev–Trinajstić information content (AvgIpc) is 3.17. The van der Waals surface area contributed by atoms with Crippen LogP contribution in [0.15, 0.2) is 65.1 Å². The third kappa shape index (κ3) is 4.95. The lowest BCUT2D eigenvalue weighted by atomic mass is 10.1. The number of carbonyl (C=O) groups is 3. The van der Waals surface area contributed by atoms with Gasteiger partial charge < -0.3 is 14.6 Å². The van der Waals surface area contributed by atoms with Gasteiger partial charge in [0.25, 0.3) is 5.91 Å². The van der Waals surface area contributed by atoms with Gasteiger partial charge in [0.05, 0.1) is 6.54 Å². The van der Waals surface area contributed by atoms with Gasteiger partial charge in [-0.25, -0.2) is 4.39 Å². The molecule has 0 unspecified atom stereocenters. The molecule has 0 fully saturated rings. The molecule has 0 aliphatic heterocycles. The van der Waals surface area contributed by atoms with Gasteiger partial charge in [0.1, 0.15) is 11.6 Å². The predicted octanol–water partition coefficient (Wildman–Crippen LogP) is 4.00. The molecule has 3 rings (SSSR count). The van der Waals surface area contributed by atoms with Crippen LogP contribution in [0.3, 0.4) is 0 Å².